The summed E-state index contributed by atoms with van der Waals surface area (Å²) in [4.78, 5) is 14.5. The zero-order valence-corrected chi connectivity index (χ0v) is 14.7. The molecule has 0 bridgehead atoms. The summed E-state index contributed by atoms with van der Waals surface area (Å²) in [6.45, 7) is 1.95. The lowest BCUT2D eigenvalue weighted by Gasteiger charge is -2.27. The SMILES string of the molecule is COCCc1cc(NC(=O)N2CCC=C(c3ccccc3)C2)n(C)n1. The minimum absolute atomic E-state index is 0.0946. The highest BCUT2D eigenvalue weighted by Crippen LogP contribution is 2.21. The second-order valence-corrected chi connectivity index (χ2v) is 6.12. The number of amides is 2. The maximum atomic E-state index is 12.6. The van der Waals surface area contributed by atoms with Crippen LogP contribution in [0.3, 0.4) is 0 Å². The number of rotatable bonds is 5. The maximum absolute atomic E-state index is 12.6. The number of aryl methyl sites for hydroxylation is 1. The van der Waals surface area contributed by atoms with Gasteiger partial charge in [-0.15, -0.1) is 0 Å². The minimum Gasteiger partial charge on any atom is -0.384 e. The van der Waals surface area contributed by atoms with Gasteiger partial charge < -0.3 is 9.64 Å². The Morgan fingerprint density at radius 1 is 1.32 bits per heavy atom. The number of nitrogens with one attached hydrogen (secondary N) is 1. The van der Waals surface area contributed by atoms with Crippen LogP contribution in [-0.2, 0) is 18.2 Å². The number of urea groups is 1. The molecule has 0 spiro atoms. The number of hydrogen-bond acceptors (Lipinski definition) is 3. The van der Waals surface area contributed by atoms with Crippen LogP contribution in [0, 0.1) is 0 Å². The van der Waals surface area contributed by atoms with Gasteiger partial charge in [-0.2, -0.15) is 5.10 Å². The minimum atomic E-state index is -0.0946. The summed E-state index contributed by atoms with van der Waals surface area (Å²) in [5.41, 5.74) is 3.26. The third-order valence-corrected chi connectivity index (χ3v) is 4.31. The van der Waals surface area contributed by atoms with Gasteiger partial charge in [0.1, 0.15) is 5.82 Å². The maximum Gasteiger partial charge on any atom is 0.323 e. The molecule has 2 amide bonds. The standard InChI is InChI=1S/C19H24N4O2/c1-22-18(13-17(21-22)10-12-25-2)20-19(24)23-11-6-9-16(14-23)15-7-4-3-5-8-15/h3-5,7-9,13H,6,10-12,14H2,1-2H3,(H,20,24). The van der Waals surface area contributed by atoms with Crippen molar-refractivity contribution in [1.82, 2.24) is 14.7 Å². The van der Waals surface area contributed by atoms with Gasteiger partial charge in [0.05, 0.1) is 12.3 Å². The Bertz CT molecular complexity index is 752. The molecule has 1 aromatic carbocycles. The molecule has 0 saturated carbocycles. The van der Waals surface area contributed by atoms with Crippen molar-refractivity contribution in [3.63, 3.8) is 0 Å². The van der Waals surface area contributed by atoms with Crippen molar-refractivity contribution in [1.29, 1.82) is 0 Å². The third kappa shape index (κ3) is 4.28. The van der Waals surface area contributed by atoms with Crippen LogP contribution in [0.5, 0.6) is 0 Å². The van der Waals surface area contributed by atoms with E-state index in [9.17, 15) is 4.79 Å². The second kappa shape index (κ2) is 7.98. The van der Waals surface area contributed by atoms with Gasteiger partial charge in [-0.05, 0) is 17.6 Å². The van der Waals surface area contributed by atoms with Crippen LogP contribution in [0.1, 0.15) is 17.7 Å². The smallest absolute Gasteiger partial charge is 0.323 e. The molecule has 6 nitrogen and oxygen atoms in total. The molecule has 0 unspecified atom stereocenters. The predicted octanol–water partition coefficient (Wildman–Crippen LogP) is 2.93. The summed E-state index contributed by atoms with van der Waals surface area (Å²) >= 11 is 0. The van der Waals surface area contributed by atoms with Crippen molar-refractivity contribution in [3.05, 3.63) is 53.7 Å². The molecule has 132 valence electrons. The number of benzene rings is 1. The molecule has 0 aliphatic carbocycles. The molecule has 0 atom stereocenters. The van der Waals surface area contributed by atoms with E-state index in [0.29, 0.717) is 19.0 Å². The fourth-order valence-corrected chi connectivity index (χ4v) is 2.94. The second-order valence-electron chi connectivity index (χ2n) is 6.12. The monoisotopic (exact) mass is 340 g/mol. The van der Waals surface area contributed by atoms with Gasteiger partial charge in [-0.1, -0.05) is 36.4 Å². The number of anilines is 1. The normalized spacial score (nSPS) is 14.3. The fourth-order valence-electron chi connectivity index (χ4n) is 2.94. The van der Waals surface area contributed by atoms with E-state index in [4.69, 9.17) is 4.74 Å². The van der Waals surface area contributed by atoms with E-state index in [0.717, 1.165) is 25.1 Å². The molecule has 6 heteroatoms. The van der Waals surface area contributed by atoms with Gasteiger partial charge in [0.15, 0.2) is 0 Å². The summed E-state index contributed by atoms with van der Waals surface area (Å²) in [7, 11) is 3.50. The largest absolute Gasteiger partial charge is 0.384 e. The molecule has 1 aliphatic heterocycles. The fraction of sp³-hybridized carbons (Fsp3) is 0.368. The van der Waals surface area contributed by atoms with Crippen LogP contribution in [0.25, 0.3) is 5.57 Å². The van der Waals surface area contributed by atoms with Crippen molar-refractivity contribution >= 4 is 17.4 Å². The molecule has 1 N–H and O–H groups in total. The zero-order valence-electron chi connectivity index (χ0n) is 14.7. The van der Waals surface area contributed by atoms with Crippen LogP contribution in [0.15, 0.2) is 42.5 Å². The van der Waals surface area contributed by atoms with Crippen LogP contribution >= 0.6 is 0 Å². The number of nitrogens with zero attached hydrogens (tertiary/aromatic N) is 3. The highest BCUT2D eigenvalue weighted by molar-refractivity contribution is 5.90. The Morgan fingerprint density at radius 2 is 2.12 bits per heavy atom. The molecule has 0 radical (unpaired) electrons. The number of carbonyl (C=O) groups excluding carboxylic acids is 1. The quantitative estimate of drug-likeness (QED) is 0.910. The Labute approximate surface area is 148 Å². The van der Waals surface area contributed by atoms with Crippen molar-refractivity contribution in [2.75, 3.05) is 32.1 Å². The Kier molecular flexibility index (Phi) is 5.50. The summed E-state index contributed by atoms with van der Waals surface area (Å²) in [6.07, 6.45) is 3.80. The first-order chi connectivity index (χ1) is 12.2. The van der Waals surface area contributed by atoms with E-state index in [2.05, 4.69) is 28.6 Å². The van der Waals surface area contributed by atoms with E-state index in [1.165, 1.54) is 11.1 Å². The topological polar surface area (TPSA) is 59.4 Å². The molecule has 0 fully saturated rings. The Hall–Kier alpha value is -2.60. The highest BCUT2D eigenvalue weighted by atomic mass is 16.5. The molecular formula is C19H24N4O2. The Morgan fingerprint density at radius 3 is 2.88 bits per heavy atom. The van der Waals surface area contributed by atoms with Gasteiger partial charge in [-0.25, -0.2) is 4.79 Å². The van der Waals surface area contributed by atoms with Gasteiger partial charge in [0, 0.05) is 39.7 Å². The first kappa shape index (κ1) is 17.2. The summed E-state index contributed by atoms with van der Waals surface area (Å²) in [5.74, 6) is 0.701. The summed E-state index contributed by atoms with van der Waals surface area (Å²) in [6, 6.07) is 12.0. The van der Waals surface area contributed by atoms with Gasteiger partial charge in [0.25, 0.3) is 0 Å². The molecule has 0 saturated heterocycles. The van der Waals surface area contributed by atoms with E-state index in [-0.39, 0.29) is 6.03 Å². The van der Waals surface area contributed by atoms with E-state index in [1.54, 1.807) is 11.8 Å². The van der Waals surface area contributed by atoms with E-state index < -0.39 is 0 Å². The van der Waals surface area contributed by atoms with E-state index in [1.807, 2.05) is 36.2 Å². The molecule has 3 rings (SSSR count). The average Bonchev–Trinajstić information content (AvgIpc) is 3.00. The third-order valence-electron chi connectivity index (χ3n) is 4.31. The van der Waals surface area contributed by atoms with Gasteiger partial charge >= 0.3 is 6.03 Å². The predicted molar refractivity (Wildman–Crippen MR) is 98.4 cm³/mol. The Balaban J connectivity index is 1.64. The van der Waals surface area contributed by atoms with Crippen LogP contribution in [0.4, 0.5) is 10.6 Å². The molecule has 2 heterocycles. The molecule has 25 heavy (non-hydrogen) atoms. The lowest BCUT2D eigenvalue weighted by Crippen LogP contribution is -2.38. The number of ether oxygens (including phenoxy) is 1. The molecule has 1 aliphatic rings. The van der Waals surface area contributed by atoms with Gasteiger partial charge in [-0.3, -0.25) is 10.00 Å². The summed E-state index contributed by atoms with van der Waals surface area (Å²) in [5, 5.41) is 7.37. The van der Waals surface area contributed by atoms with Crippen molar-refractivity contribution in [2.24, 2.45) is 7.05 Å². The first-order valence-electron chi connectivity index (χ1n) is 8.49. The number of carbonyl (C=O) groups is 1. The van der Waals surface area contributed by atoms with Crippen molar-refractivity contribution in [2.45, 2.75) is 12.8 Å². The van der Waals surface area contributed by atoms with Crippen LogP contribution in [-0.4, -0.2) is 47.5 Å². The average molecular weight is 340 g/mol. The van der Waals surface area contributed by atoms with Gasteiger partial charge in [0.2, 0.25) is 0 Å². The first-order valence-corrected chi connectivity index (χ1v) is 8.49. The molecule has 2 aromatic rings. The number of hydrogen-bond donors (Lipinski definition) is 1. The lowest BCUT2D eigenvalue weighted by atomic mass is 10.0. The highest BCUT2D eigenvalue weighted by Gasteiger charge is 2.20. The van der Waals surface area contributed by atoms with Crippen molar-refractivity contribution < 1.29 is 9.53 Å². The number of aromatic nitrogens is 2. The molecular weight excluding hydrogens is 316 g/mol. The number of methoxy groups -OCH3 is 1. The van der Waals surface area contributed by atoms with Crippen LogP contribution < -0.4 is 5.32 Å². The molecule has 1 aromatic heterocycles. The van der Waals surface area contributed by atoms with Crippen molar-refractivity contribution in [3.8, 4) is 0 Å². The summed E-state index contributed by atoms with van der Waals surface area (Å²) < 4.78 is 6.77. The van der Waals surface area contributed by atoms with Crippen LogP contribution in [0.2, 0.25) is 0 Å². The zero-order chi connectivity index (χ0) is 17.6. The van der Waals surface area contributed by atoms with E-state index >= 15 is 0 Å². The lowest BCUT2D eigenvalue weighted by molar-refractivity contribution is 0.201.